The van der Waals surface area contributed by atoms with Crippen LogP contribution in [0.3, 0.4) is 0 Å². The lowest BCUT2D eigenvalue weighted by Gasteiger charge is -2.32. The monoisotopic (exact) mass is 385 g/mol. The molecule has 0 radical (unpaired) electrons. The van der Waals surface area contributed by atoms with E-state index in [0.717, 1.165) is 31.4 Å². The quantitative estimate of drug-likeness (QED) is 0.852. The first-order valence-electron chi connectivity index (χ1n) is 6.51. The second-order valence-corrected chi connectivity index (χ2v) is 7.69. The first-order chi connectivity index (χ1) is 10.0. The second kappa shape index (κ2) is 6.08. The molecule has 3 nitrogen and oxygen atoms in total. The summed E-state index contributed by atoms with van der Waals surface area (Å²) in [6.07, 6.45) is 0. The van der Waals surface area contributed by atoms with Gasteiger partial charge in [0.05, 0.1) is 5.92 Å². The van der Waals surface area contributed by atoms with Crippen molar-refractivity contribution < 1.29 is 9.90 Å². The van der Waals surface area contributed by atoms with Crippen LogP contribution in [0.25, 0.3) is 0 Å². The van der Waals surface area contributed by atoms with E-state index in [1.807, 2.05) is 30.3 Å². The van der Waals surface area contributed by atoms with E-state index in [-0.39, 0.29) is 0 Å². The number of aliphatic carboxylic acids is 1. The number of carboxylic acid groups (broad SMARTS) is 1. The van der Waals surface area contributed by atoms with Gasteiger partial charge in [0.1, 0.15) is 4.34 Å². The zero-order valence-electron chi connectivity index (χ0n) is 11.1. The van der Waals surface area contributed by atoms with E-state index in [2.05, 4.69) is 20.8 Å². The minimum absolute atomic E-state index is 0.464. The molecular weight excluding hydrogens is 374 g/mol. The van der Waals surface area contributed by atoms with Gasteiger partial charge in [-0.2, -0.15) is 0 Å². The van der Waals surface area contributed by atoms with Crippen molar-refractivity contribution in [1.82, 2.24) is 4.90 Å². The molecule has 1 aromatic heterocycles. The fourth-order valence-electron chi connectivity index (χ4n) is 2.70. The van der Waals surface area contributed by atoms with Gasteiger partial charge in [0, 0.05) is 29.0 Å². The fourth-order valence-corrected chi connectivity index (χ4v) is 4.53. The summed E-state index contributed by atoms with van der Waals surface area (Å²) in [5.74, 6) is -1.23. The summed E-state index contributed by atoms with van der Waals surface area (Å²) < 4.78 is 1.63. The van der Waals surface area contributed by atoms with Gasteiger partial charge in [0.25, 0.3) is 0 Å². The van der Waals surface area contributed by atoms with Crippen molar-refractivity contribution in [3.05, 3.63) is 55.1 Å². The van der Waals surface area contributed by atoms with Crippen molar-refractivity contribution in [3.63, 3.8) is 0 Å². The van der Waals surface area contributed by atoms with Crippen molar-refractivity contribution in [2.24, 2.45) is 0 Å². The summed E-state index contributed by atoms with van der Waals surface area (Å²) in [6, 6.07) is 9.79. The Bertz CT molecular complexity index is 669. The van der Waals surface area contributed by atoms with Crippen molar-refractivity contribution in [2.75, 3.05) is 6.54 Å². The lowest BCUT2D eigenvalue weighted by molar-refractivity contribution is -0.139. The molecule has 0 amide bonds. The van der Waals surface area contributed by atoms with Crippen molar-refractivity contribution in [3.8, 4) is 0 Å². The second-order valence-electron chi connectivity index (χ2n) is 5.09. The van der Waals surface area contributed by atoms with Gasteiger partial charge in [0.15, 0.2) is 0 Å². The summed E-state index contributed by atoms with van der Waals surface area (Å²) in [6.45, 7) is 2.01. The summed E-state index contributed by atoms with van der Waals surface area (Å²) in [5.41, 5.74) is 2.03. The Kier molecular flexibility index (Phi) is 4.36. The third-order valence-corrected chi connectivity index (χ3v) is 6.10. The molecule has 1 N–H and O–H groups in total. The Labute approximate surface area is 140 Å². The Balaban J connectivity index is 1.84. The van der Waals surface area contributed by atoms with E-state index < -0.39 is 11.9 Å². The standard InChI is InChI=1S/C15H13BrClNO2S/c16-13-5-10(21-14(13)17)7-18-6-9-3-1-2-4-11(9)12(8-18)15(19)20/h1-5,12H,6-8H2,(H,19,20). The van der Waals surface area contributed by atoms with Crippen LogP contribution in [-0.2, 0) is 17.9 Å². The number of thiophene rings is 1. The minimum Gasteiger partial charge on any atom is -0.481 e. The third kappa shape index (κ3) is 3.16. The van der Waals surface area contributed by atoms with Crippen molar-refractivity contribution in [2.45, 2.75) is 19.0 Å². The van der Waals surface area contributed by atoms with E-state index in [1.165, 1.54) is 11.3 Å². The lowest BCUT2D eigenvalue weighted by atomic mass is 9.90. The Morgan fingerprint density at radius 3 is 2.90 bits per heavy atom. The Hall–Kier alpha value is -0.880. The molecule has 2 heterocycles. The predicted octanol–water partition coefficient (Wildman–Crippen LogP) is 4.35. The molecule has 1 aliphatic heterocycles. The molecule has 3 rings (SSSR count). The Morgan fingerprint density at radius 2 is 2.24 bits per heavy atom. The smallest absolute Gasteiger partial charge is 0.312 e. The average Bonchev–Trinajstić information content (AvgIpc) is 2.76. The molecule has 1 aliphatic rings. The molecule has 0 saturated heterocycles. The number of halogens is 2. The van der Waals surface area contributed by atoms with Crippen LogP contribution in [0, 0.1) is 0 Å². The molecule has 0 saturated carbocycles. The molecule has 0 fully saturated rings. The number of nitrogens with zero attached hydrogens (tertiary/aromatic N) is 1. The lowest BCUT2D eigenvalue weighted by Crippen LogP contribution is -2.36. The van der Waals surface area contributed by atoms with Gasteiger partial charge in [-0.25, -0.2) is 0 Å². The van der Waals surface area contributed by atoms with Crippen LogP contribution < -0.4 is 0 Å². The number of fused-ring (bicyclic) bond motifs is 1. The molecule has 2 aromatic rings. The molecule has 0 spiro atoms. The molecule has 0 bridgehead atoms. The molecule has 110 valence electrons. The zero-order chi connectivity index (χ0) is 15.0. The number of hydrogen-bond donors (Lipinski definition) is 1. The highest BCUT2D eigenvalue weighted by molar-refractivity contribution is 9.10. The molecule has 21 heavy (non-hydrogen) atoms. The minimum atomic E-state index is -0.766. The highest BCUT2D eigenvalue weighted by Gasteiger charge is 2.30. The van der Waals surface area contributed by atoms with Crippen LogP contribution in [0.2, 0.25) is 4.34 Å². The van der Waals surface area contributed by atoms with Gasteiger partial charge in [0.2, 0.25) is 0 Å². The van der Waals surface area contributed by atoms with Gasteiger partial charge in [-0.3, -0.25) is 9.69 Å². The Morgan fingerprint density at radius 1 is 1.48 bits per heavy atom. The van der Waals surface area contributed by atoms with Crippen molar-refractivity contribution >= 4 is 44.8 Å². The first kappa shape index (κ1) is 15.0. The maximum Gasteiger partial charge on any atom is 0.312 e. The summed E-state index contributed by atoms with van der Waals surface area (Å²) >= 11 is 11.0. The first-order valence-corrected chi connectivity index (χ1v) is 8.50. The highest BCUT2D eigenvalue weighted by Crippen LogP contribution is 2.34. The SMILES string of the molecule is O=C(O)C1CN(Cc2cc(Br)c(Cl)s2)Cc2ccccc21. The zero-order valence-corrected chi connectivity index (χ0v) is 14.2. The molecule has 6 heteroatoms. The normalized spacial score (nSPS) is 18.5. The number of rotatable bonds is 3. The van der Waals surface area contributed by atoms with Crippen LogP contribution in [0.1, 0.15) is 21.9 Å². The number of carbonyl (C=O) groups is 1. The van der Waals surface area contributed by atoms with Crippen molar-refractivity contribution in [1.29, 1.82) is 0 Å². The van der Waals surface area contributed by atoms with Crippen LogP contribution in [-0.4, -0.2) is 22.5 Å². The van der Waals surface area contributed by atoms with E-state index >= 15 is 0 Å². The van der Waals surface area contributed by atoms with Crippen LogP contribution in [0.5, 0.6) is 0 Å². The van der Waals surface area contributed by atoms with Gasteiger partial charge >= 0.3 is 5.97 Å². The average molecular weight is 387 g/mol. The third-order valence-electron chi connectivity index (χ3n) is 3.64. The van der Waals surface area contributed by atoms with E-state index in [9.17, 15) is 9.90 Å². The molecule has 1 unspecified atom stereocenters. The van der Waals surface area contributed by atoms with E-state index in [4.69, 9.17) is 11.6 Å². The van der Waals surface area contributed by atoms with Gasteiger partial charge in [-0.15, -0.1) is 11.3 Å². The molecular formula is C15H13BrClNO2S. The maximum absolute atomic E-state index is 11.5. The van der Waals surface area contributed by atoms with Gasteiger partial charge in [-0.05, 0) is 33.1 Å². The van der Waals surface area contributed by atoms with Crippen LogP contribution in [0.4, 0.5) is 0 Å². The van der Waals surface area contributed by atoms with Crippen LogP contribution in [0.15, 0.2) is 34.8 Å². The van der Waals surface area contributed by atoms with Crippen LogP contribution >= 0.6 is 38.9 Å². The molecule has 1 aromatic carbocycles. The summed E-state index contributed by atoms with van der Waals surface area (Å²) in [7, 11) is 0. The summed E-state index contributed by atoms with van der Waals surface area (Å²) in [5, 5.41) is 9.46. The highest BCUT2D eigenvalue weighted by atomic mass is 79.9. The van der Waals surface area contributed by atoms with Gasteiger partial charge < -0.3 is 5.11 Å². The fraction of sp³-hybridized carbons (Fsp3) is 0.267. The largest absolute Gasteiger partial charge is 0.481 e. The number of benzene rings is 1. The predicted molar refractivity (Wildman–Crippen MR) is 88.0 cm³/mol. The van der Waals surface area contributed by atoms with Gasteiger partial charge in [-0.1, -0.05) is 35.9 Å². The number of hydrogen-bond acceptors (Lipinski definition) is 3. The van der Waals surface area contributed by atoms with E-state index in [0.29, 0.717) is 13.1 Å². The topological polar surface area (TPSA) is 40.5 Å². The summed E-state index contributed by atoms with van der Waals surface area (Å²) in [4.78, 5) is 14.8. The number of carboxylic acids is 1. The molecule has 0 aliphatic carbocycles. The maximum atomic E-state index is 11.5. The molecule has 1 atom stereocenters. The van der Waals surface area contributed by atoms with E-state index in [1.54, 1.807) is 0 Å².